The molecule has 2 aliphatic heterocycles. The van der Waals surface area contributed by atoms with Gasteiger partial charge in [0.2, 0.25) is 0 Å². The Bertz CT molecular complexity index is 1350. The maximum atomic E-state index is 12.9. The van der Waals surface area contributed by atoms with Crippen molar-refractivity contribution in [3.8, 4) is 6.07 Å². The van der Waals surface area contributed by atoms with Crippen LogP contribution in [0.4, 0.5) is 23.0 Å². The number of carbonyl (C=O) groups is 1. The third-order valence-corrected chi connectivity index (χ3v) is 6.39. The average Bonchev–Trinajstić information content (AvgIpc) is 3.15. The standard InChI is InChI=1S/C23H15BrClN5O2/c24-12-3-1-11(2-4-12)17-18-16(10-32-23(18)31)30(14-7-5-13(25)6-8-14)22-19(17)20(27)15(9-26)21(28)29-22/h1-8,17H,10H2,(H4,27,28,29)/t17-/m1/s1. The second-order valence-electron chi connectivity index (χ2n) is 7.37. The predicted molar refractivity (Wildman–Crippen MR) is 125 cm³/mol. The Morgan fingerprint density at radius 3 is 2.50 bits per heavy atom. The van der Waals surface area contributed by atoms with Crippen LogP contribution >= 0.6 is 27.5 Å². The third-order valence-electron chi connectivity index (χ3n) is 5.61. The second kappa shape index (κ2) is 7.55. The molecule has 1 atom stereocenters. The number of hydrogen-bond donors (Lipinski definition) is 2. The molecule has 32 heavy (non-hydrogen) atoms. The van der Waals surface area contributed by atoms with Crippen molar-refractivity contribution in [2.75, 3.05) is 23.0 Å². The van der Waals surface area contributed by atoms with E-state index in [1.165, 1.54) is 0 Å². The smallest absolute Gasteiger partial charge is 0.337 e. The number of cyclic esters (lactones) is 1. The van der Waals surface area contributed by atoms with Gasteiger partial charge in [0, 0.05) is 26.7 Å². The first-order chi connectivity index (χ1) is 15.4. The summed E-state index contributed by atoms with van der Waals surface area (Å²) >= 11 is 9.53. The first-order valence-electron chi connectivity index (χ1n) is 9.61. The van der Waals surface area contributed by atoms with E-state index in [0.29, 0.717) is 33.4 Å². The van der Waals surface area contributed by atoms with Gasteiger partial charge in [0.25, 0.3) is 0 Å². The summed E-state index contributed by atoms with van der Waals surface area (Å²) in [6, 6.07) is 16.7. The maximum Gasteiger partial charge on any atom is 0.337 e. The van der Waals surface area contributed by atoms with Gasteiger partial charge in [0.1, 0.15) is 29.9 Å². The largest absolute Gasteiger partial charge is 0.456 e. The zero-order valence-corrected chi connectivity index (χ0v) is 18.8. The molecule has 3 aromatic rings. The summed E-state index contributed by atoms with van der Waals surface area (Å²) in [5.74, 6) is -0.531. The summed E-state index contributed by atoms with van der Waals surface area (Å²) in [6.45, 7) is 0.0742. The normalized spacial score (nSPS) is 17.0. The minimum atomic E-state index is -0.563. The second-order valence-corrected chi connectivity index (χ2v) is 8.72. The Morgan fingerprint density at radius 1 is 1.16 bits per heavy atom. The van der Waals surface area contributed by atoms with Crippen LogP contribution in [0.5, 0.6) is 0 Å². The van der Waals surface area contributed by atoms with E-state index in [-0.39, 0.29) is 23.7 Å². The number of aromatic nitrogens is 1. The van der Waals surface area contributed by atoms with Crippen molar-refractivity contribution >= 4 is 56.5 Å². The van der Waals surface area contributed by atoms with Crippen molar-refractivity contribution in [1.82, 2.24) is 4.98 Å². The molecule has 5 rings (SSSR count). The highest BCUT2D eigenvalue weighted by Gasteiger charge is 2.45. The number of esters is 1. The Hall–Kier alpha value is -3.54. The van der Waals surface area contributed by atoms with Gasteiger partial charge in [0.05, 0.1) is 17.0 Å². The lowest BCUT2D eigenvalue weighted by molar-refractivity contribution is -0.136. The monoisotopic (exact) mass is 507 g/mol. The molecule has 3 heterocycles. The molecule has 4 N–H and O–H groups in total. The molecule has 0 fully saturated rings. The van der Waals surface area contributed by atoms with Gasteiger partial charge in [-0.3, -0.25) is 4.90 Å². The van der Waals surface area contributed by atoms with E-state index in [1.54, 1.807) is 17.0 Å². The molecular formula is C23H15BrClN5O2. The van der Waals surface area contributed by atoms with Crippen LogP contribution in [-0.4, -0.2) is 17.6 Å². The van der Waals surface area contributed by atoms with Crippen molar-refractivity contribution in [2.24, 2.45) is 0 Å². The van der Waals surface area contributed by atoms with Gasteiger partial charge in [-0.15, -0.1) is 0 Å². The number of benzene rings is 2. The van der Waals surface area contributed by atoms with Crippen LogP contribution in [0.25, 0.3) is 0 Å². The topological polar surface area (TPSA) is 118 Å². The lowest BCUT2D eigenvalue weighted by atomic mass is 9.80. The molecule has 0 aliphatic carbocycles. The highest BCUT2D eigenvalue weighted by Crippen LogP contribution is 2.52. The van der Waals surface area contributed by atoms with Crippen molar-refractivity contribution in [1.29, 1.82) is 5.26 Å². The van der Waals surface area contributed by atoms with Gasteiger partial charge in [-0.1, -0.05) is 39.7 Å². The Morgan fingerprint density at radius 2 is 1.84 bits per heavy atom. The summed E-state index contributed by atoms with van der Waals surface area (Å²) in [7, 11) is 0. The molecule has 0 unspecified atom stereocenters. The number of nitrogens with zero attached hydrogens (tertiary/aromatic N) is 3. The van der Waals surface area contributed by atoms with E-state index in [1.807, 2.05) is 42.5 Å². The van der Waals surface area contributed by atoms with E-state index < -0.39 is 11.9 Å². The number of carbonyl (C=O) groups excluding carboxylic acids is 1. The fourth-order valence-electron chi connectivity index (χ4n) is 4.20. The zero-order valence-electron chi connectivity index (χ0n) is 16.5. The molecule has 158 valence electrons. The van der Waals surface area contributed by atoms with E-state index in [4.69, 9.17) is 27.8 Å². The van der Waals surface area contributed by atoms with Gasteiger partial charge in [0.15, 0.2) is 0 Å². The molecule has 0 amide bonds. The van der Waals surface area contributed by atoms with Gasteiger partial charge in [-0.05, 0) is 42.0 Å². The van der Waals surface area contributed by atoms with E-state index >= 15 is 0 Å². The number of nitriles is 1. The number of anilines is 4. The Labute approximate surface area is 197 Å². The highest BCUT2D eigenvalue weighted by molar-refractivity contribution is 9.10. The first-order valence-corrected chi connectivity index (χ1v) is 10.8. The van der Waals surface area contributed by atoms with E-state index in [9.17, 15) is 10.1 Å². The quantitative estimate of drug-likeness (QED) is 0.485. The molecule has 9 heteroatoms. The number of nitrogen functional groups attached to an aromatic ring is 2. The Balaban J connectivity index is 1.86. The van der Waals surface area contributed by atoms with Crippen LogP contribution in [0.1, 0.15) is 22.6 Å². The van der Waals surface area contributed by atoms with Gasteiger partial charge < -0.3 is 16.2 Å². The van der Waals surface area contributed by atoms with Crippen LogP contribution in [0.2, 0.25) is 5.02 Å². The van der Waals surface area contributed by atoms with Crippen molar-refractivity contribution < 1.29 is 9.53 Å². The van der Waals surface area contributed by atoms with Crippen LogP contribution in [0.15, 0.2) is 64.3 Å². The van der Waals surface area contributed by atoms with Gasteiger partial charge in [-0.25, -0.2) is 9.78 Å². The molecule has 2 aromatic carbocycles. The number of halogens is 2. The lowest BCUT2D eigenvalue weighted by Gasteiger charge is -2.35. The first kappa shape index (κ1) is 20.4. The number of hydrogen-bond acceptors (Lipinski definition) is 7. The molecule has 0 saturated heterocycles. The average molecular weight is 509 g/mol. The molecule has 0 spiro atoms. The number of pyridine rings is 1. The number of fused-ring (bicyclic) bond motifs is 1. The van der Waals surface area contributed by atoms with Crippen LogP contribution in [-0.2, 0) is 9.53 Å². The lowest BCUT2D eigenvalue weighted by Crippen LogP contribution is -2.30. The molecular weight excluding hydrogens is 494 g/mol. The van der Waals surface area contributed by atoms with Crippen molar-refractivity contribution in [2.45, 2.75) is 5.92 Å². The fourth-order valence-corrected chi connectivity index (χ4v) is 4.59. The summed E-state index contributed by atoms with van der Waals surface area (Å²) in [5, 5.41) is 10.2. The van der Waals surface area contributed by atoms with Crippen LogP contribution in [0.3, 0.4) is 0 Å². The summed E-state index contributed by atoms with van der Waals surface area (Å²) in [4.78, 5) is 19.3. The molecule has 0 radical (unpaired) electrons. The predicted octanol–water partition coefficient (Wildman–Crippen LogP) is 4.63. The van der Waals surface area contributed by atoms with Crippen LogP contribution < -0.4 is 16.4 Å². The molecule has 2 aliphatic rings. The highest BCUT2D eigenvalue weighted by atomic mass is 79.9. The minimum absolute atomic E-state index is 0.0200. The van der Waals surface area contributed by atoms with E-state index in [2.05, 4.69) is 20.9 Å². The fraction of sp³-hybridized carbons (Fsp3) is 0.0870. The molecule has 0 saturated carbocycles. The third kappa shape index (κ3) is 3.01. The minimum Gasteiger partial charge on any atom is -0.456 e. The summed E-state index contributed by atoms with van der Waals surface area (Å²) in [5.41, 5.74) is 16.0. The van der Waals surface area contributed by atoms with Gasteiger partial charge >= 0.3 is 5.97 Å². The Kier molecular flexibility index (Phi) is 4.81. The summed E-state index contributed by atoms with van der Waals surface area (Å²) < 4.78 is 6.35. The number of ether oxygens (including phenoxy) is 1. The summed E-state index contributed by atoms with van der Waals surface area (Å²) in [6.07, 6.45) is 0. The maximum absolute atomic E-state index is 12.9. The zero-order chi connectivity index (χ0) is 22.6. The molecule has 0 bridgehead atoms. The van der Waals surface area contributed by atoms with E-state index in [0.717, 1.165) is 10.0 Å². The van der Waals surface area contributed by atoms with Crippen molar-refractivity contribution in [3.05, 3.63) is 86.0 Å². The molecule has 1 aromatic heterocycles. The molecule has 7 nitrogen and oxygen atoms in total. The SMILES string of the molecule is N#Cc1c(N)nc2c(c1N)[C@H](c1ccc(Br)cc1)C1=C(COC1=O)N2c1ccc(Cl)cc1. The number of rotatable bonds is 2. The number of nitrogens with two attached hydrogens (primary N) is 2. The van der Waals surface area contributed by atoms with Crippen LogP contribution in [0, 0.1) is 11.3 Å². The van der Waals surface area contributed by atoms with Crippen molar-refractivity contribution in [3.63, 3.8) is 0 Å². The van der Waals surface area contributed by atoms with Gasteiger partial charge in [-0.2, -0.15) is 5.26 Å².